The molecule has 1 rings (SSSR count). The van der Waals surface area contributed by atoms with Gasteiger partial charge in [-0.3, -0.25) is 10.1 Å². The summed E-state index contributed by atoms with van der Waals surface area (Å²) in [4.78, 5) is 9.70. The summed E-state index contributed by atoms with van der Waals surface area (Å²) in [6.45, 7) is 0. The van der Waals surface area contributed by atoms with Crippen molar-refractivity contribution in [1.29, 1.82) is 5.26 Å². The zero-order valence-corrected chi connectivity index (χ0v) is 7.08. The summed E-state index contributed by atoms with van der Waals surface area (Å²) in [5.74, 6) is 0. The van der Waals surface area contributed by atoms with Crippen molar-refractivity contribution in [1.82, 2.24) is 0 Å². The van der Waals surface area contributed by atoms with Crippen molar-refractivity contribution < 1.29 is 4.92 Å². The third-order valence-corrected chi connectivity index (χ3v) is 1.87. The number of rotatable bonds is 1. The molecule has 6 heteroatoms. The number of nitriles is 1. The van der Waals surface area contributed by atoms with Crippen LogP contribution in [-0.4, -0.2) is 4.92 Å². The Balaban J connectivity index is 3.42. The summed E-state index contributed by atoms with van der Waals surface area (Å²) in [7, 11) is 0. The van der Waals surface area contributed by atoms with Crippen LogP contribution in [0.2, 0.25) is 5.02 Å². The molecule has 0 atom stereocenters. The van der Waals surface area contributed by atoms with Gasteiger partial charge < -0.3 is 5.73 Å². The molecule has 0 amide bonds. The van der Waals surface area contributed by atoms with E-state index in [1.54, 1.807) is 6.07 Å². The van der Waals surface area contributed by atoms with Crippen LogP contribution < -0.4 is 5.73 Å². The molecular weight excluding hydrogens is 194 g/mol. The topological polar surface area (TPSA) is 92.9 Å². The van der Waals surface area contributed by atoms with E-state index in [2.05, 4.69) is 0 Å². The molecule has 0 aliphatic heterocycles. The Morgan fingerprint density at radius 1 is 1.62 bits per heavy atom. The SMILES string of the molecule is N#Cc1ccc([N+](=O)[O-])c(Cl)c1N. The molecule has 13 heavy (non-hydrogen) atoms. The van der Waals surface area contributed by atoms with Gasteiger partial charge >= 0.3 is 0 Å². The fourth-order valence-corrected chi connectivity index (χ4v) is 1.05. The maximum absolute atomic E-state index is 10.4. The second-order valence-corrected chi connectivity index (χ2v) is 2.61. The molecule has 1 aromatic carbocycles. The van der Waals surface area contributed by atoms with Gasteiger partial charge in [-0.25, -0.2) is 0 Å². The number of hydrogen-bond donors (Lipinski definition) is 1. The molecule has 0 unspecified atom stereocenters. The monoisotopic (exact) mass is 197 g/mol. The highest BCUT2D eigenvalue weighted by molar-refractivity contribution is 6.35. The number of benzene rings is 1. The van der Waals surface area contributed by atoms with Gasteiger partial charge in [-0.1, -0.05) is 11.6 Å². The van der Waals surface area contributed by atoms with Gasteiger partial charge in [0.25, 0.3) is 5.69 Å². The minimum absolute atomic E-state index is 0.0571. The molecular formula is C7H4ClN3O2. The molecule has 66 valence electrons. The first kappa shape index (κ1) is 9.29. The summed E-state index contributed by atoms with van der Waals surface area (Å²) in [5, 5.41) is 18.7. The molecule has 0 radical (unpaired) electrons. The highest BCUT2D eigenvalue weighted by Gasteiger charge is 2.16. The minimum Gasteiger partial charge on any atom is -0.396 e. The summed E-state index contributed by atoms with van der Waals surface area (Å²) in [6, 6.07) is 4.18. The van der Waals surface area contributed by atoms with Gasteiger partial charge in [0.15, 0.2) is 0 Å². The van der Waals surface area contributed by atoms with E-state index in [1.165, 1.54) is 6.07 Å². The van der Waals surface area contributed by atoms with E-state index in [1.807, 2.05) is 0 Å². The molecule has 5 nitrogen and oxygen atoms in total. The lowest BCUT2D eigenvalue weighted by molar-refractivity contribution is -0.384. The van der Waals surface area contributed by atoms with Crippen molar-refractivity contribution >= 4 is 23.0 Å². The van der Waals surface area contributed by atoms with E-state index in [0.717, 1.165) is 6.07 Å². The molecule has 0 saturated heterocycles. The molecule has 0 fully saturated rings. The van der Waals surface area contributed by atoms with E-state index in [4.69, 9.17) is 22.6 Å². The lowest BCUT2D eigenvalue weighted by Gasteiger charge is -2.00. The number of nitrogens with zero attached hydrogens (tertiary/aromatic N) is 2. The van der Waals surface area contributed by atoms with Gasteiger partial charge in [0.1, 0.15) is 11.1 Å². The zero-order chi connectivity index (χ0) is 10.0. The first-order valence-electron chi connectivity index (χ1n) is 3.20. The number of anilines is 1. The third kappa shape index (κ3) is 1.53. The molecule has 0 spiro atoms. The van der Waals surface area contributed by atoms with Crippen molar-refractivity contribution in [2.45, 2.75) is 0 Å². The fourth-order valence-electron chi connectivity index (χ4n) is 0.820. The summed E-state index contributed by atoms with van der Waals surface area (Å²) in [5.41, 5.74) is 5.16. The summed E-state index contributed by atoms with van der Waals surface area (Å²) < 4.78 is 0. The van der Waals surface area contributed by atoms with Gasteiger partial charge in [-0.15, -0.1) is 0 Å². The van der Waals surface area contributed by atoms with Crippen LogP contribution in [0.5, 0.6) is 0 Å². The van der Waals surface area contributed by atoms with Crippen molar-refractivity contribution in [2.24, 2.45) is 0 Å². The molecule has 1 aromatic rings. The van der Waals surface area contributed by atoms with Gasteiger partial charge in [-0.05, 0) is 6.07 Å². The highest BCUT2D eigenvalue weighted by Crippen LogP contribution is 2.31. The number of nitro benzene ring substituents is 1. The highest BCUT2D eigenvalue weighted by atomic mass is 35.5. The Morgan fingerprint density at radius 2 is 2.23 bits per heavy atom. The lowest BCUT2D eigenvalue weighted by atomic mass is 10.2. The van der Waals surface area contributed by atoms with E-state index in [-0.39, 0.29) is 22.0 Å². The maximum atomic E-state index is 10.4. The zero-order valence-electron chi connectivity index (χ0n) is 6.32. The molecule has 0 saturated carbocycles. The number of nitrogens with two attached hydrogens (primary N) is 1. The average Bonchev–Trinajstić information content (AvgIpc) is 2.09. The van der Waals surface area contributed by atoms with Crippen LogP contribution in [0.25, 0.3) is 0 Å². The van der Waals surface area contributed by atoms with Crippen molar-refractivity contribution in [3.05, 3.63) is 32.8 Å². The number of hydrogen-bond acceptors (Lipinski definition) is 4. The van der Waals surface area contributed by atoms with Crippen LogP contribution in [0.3, 0.4) is 0 Å². The smallest absolute Gasteiger partial charge is 0.290 e. The van der Waals surface area contributed by atoms with Gasteiger partial charge in [0, 0.05) is 6.07 Å². The Hall–Kier alpha value is -1.80. The number of halogens is 1. The lowest BCUT2D eigenvalue weighted by Crippen LogP contribution is -1.96. The summed E-state index contributed by atoms with van der Waals surface area (Å²) in [6.07, 6.45) is 0. The second kappa shape index (κ2) is 3.29. The third-order valence-electron chi connectivity index (χ3n) is 1.48. The molecule has 0 bridgehead atoms. The predicted molar refractivity (Wildman–Crippen MR) is 47.2 cm³/mol. The molecule has 0 aliphatic rings. The Bertz CT molecular complexity index is 411. The Kier molecular flexibility index (Phi) is 2.35. The van der Waals surface area contributed by atoms with Crippen LogP contribution in [0.15, 0.2) is 12.1 Å². The van der Waals surface area contributed by atoms with Gasteiger partial charge in [0.05, 0.1) is 16.2 Å². The van der Waals surface area contributed by atoms with E-state index >= 15 is 0 Å². The Labute approximate surface area is 78.5 Å². The van der Waals surface area contributed by atoms with Crippen molar-refractivity contribution in [3.63, 3.8) is 0 Å². The minimum atomic E-state index is -0.653. The van der Waals surface area contributed by atoms with Crippen molar-refractivity contribution in [3.8, 4) is 6.07 Å². The molecule has 0 aliphatic carbocycles. The number of nitrogen functional groups attached to an aromatic ring is 1. The van der Waals surface area contributed by atoms with E-state index < -0.39 is 4.92 Å². The first-order chi connectivity index (χ1) is 6.07. The molecule has 0 heterocycles. The normalized spacial score (nSPS) is 9.23. The van der Waals surface area contributed by atoms with Crippen LogP contribution >= 0.6 is 11.6 Å². The first-order valence-corrected chi connectivity index (χ1v) is 3.58. The average molecular weight is 198 g/mol. The van der Waals surface area contributed by atoms with Crippen LogP contribution in [0.4, 0.5) is 11.4 Å². The standard InChI is InChI=1S/C7H4ClN3O2/c8-6-5(11(12)13)2-1-4(3-9)7(6)10/h1-2H,10H2. The second-order valence-electron chi connectivity index (χ2n) is 2.23. The summed E-state index contributed by atoms with van der Waals surface area (Å²) >= 11 is 5.55. The predicted octanol–water partition coefficient (Wildman–Crippen LogP) is 1.70. The number of nitro groups is 1. The van der Waals surface area contributed by atoms with Crippen LogP contribution in [0, 0.1) is 21.4 Å². The fraction of sp³-hybridized carbons (Fsp3) is 0. The maximum Gasteiger partial charge on any atom is 0.290 e. The van der Waals surface area contributed by atoms with E-state index in [0.29, 0.717) is 0 Å². The van der Waals surface area contributed by atoms with E-state index in [9.17, 15) is 10.1 Å². The Morgan fingerprint density at radius 3 is 2.69 bits per heavy atom. The van der Waals surface area contributed by atoms with Crippen LogP contribution in [0.1, 0.15) is 5.56 Å². The van der Waals surface area contributed by atoms with Gasteiger partial charge in [0.2, 0.25) is 0 Å². The molecule has 0 aromatic heterocycles. The van der Waals surface area contributed by atoms with Crippen LogP contribution in [-0.2, 0) is 0 Å². The largest absolute Gasteiger partial charge is 0.396 e. The van der Waals surface area contributed by atoms with Crippen molar-refractivity contribution in [2.75, 3.05) is 5.73 Å². The quantitative estimate of drug-likeness (QED) is 0.421. The molecule has 2 N–H and O–H groups in total. The van der Waals surface area contributed by atoms with Gasteiger partial charge in [-0.2, -0.15) is 5.26 Å².